The summed E-state index contributed by atoms with van der Waals surface area (Å²) in [5, 5.41) is 2.84. The highest BCUT2D eigenvalue weighted by Gasteiger charge is 2.67. The first kappa shape index (κ1) is 14.6. The number of hydrogen-bond donors (Lipinski definition) is 1. The van der Waals surface area contributed by atoms with Crippen LogP contribution in [0.2, 0.25) is 0 Å². The number of rotatable bonds is 4. The van der Waals surface area contributed by atoms with E-state index in [1.807, 2.05) is 31.2 Å². The summed E-state index contributed by atoms with van der Waals surface area (Å²) in [6.45, 7) is 2.54. The van der Waals surface area contributed by atoms with Gasteiger partial charge in [-0.1, -0.05) is 6.07 Å². The third-order valence-electron chi connectivity index (χ3n) is 6.33. The Balaban J connectivity index is 1.20. The van der Waals surface area contributed by atoms with Gasteiger partial charge in [0.05, 0.1) is 18.8 Å². The summed E-state index contributed by atoms with van der Waals surface area (Å²) in [5.41, 5.74) is 0.711. The number of amides is 1. The van der Waals surface area contributed by atoms with Gasteiger partial charge in [0.15, 0.2) is 0 Å². The lowest BCUT2D eigenvalue weighted by atomic mass is 9.79. The van der Waals surface area contributed by atoms with E-state index in [9.17, 15) is 4.79 Å². The SMILES string of the molecule is CCOc1cccc(NC(=O)OC2CC3CC2C2CC4OC4C32)c1. The van der Waals surface area contributed by atoms with Crippen molar-refractivity contribution in [3.8, 4) is 5.75 Å². The maximum Gasteiger partial charge on any atom is 0.411 e. The van der Waals surface area contributed by atoms with Crippen LogP contribution in [0, 0.1) is 23.7 Å². The van der Waals surface area contributed by atoms with Gasteiger partial charge in [0, 0.05) is 11.8 Å². The molecule has 24 heavy (non-hydrogen) atoms. The minimum atomic E-state index is -0.350. The number of benzene rings is 1. The molecule has 0 aromatic heterocycles. The Hall–Kier alpha value is -1.75. The molecule has 128 valence electrons. The number of carbonyl (C=O) groups is 1. The molecule has 4 fully saturated rings. The van der Waals surface area contributed by atoms with Crippen molar-refractivity contribution < 1.29 is 19.0 Å². The van der Waals surface area contributed by atoms with Crippen molar-refractivity contribution in [1.29, 1.82) is 0 Å². The fourth-order valence-corrected chi connectivity index (χ4v) is 5.52. The molecule has 5 rings (SSSR count). The quantitative estimate of drug-likeness (QED) is 0.860. The van der Waals surface area contributed by atoms with E-state index in [0.717, 1.165) is 18.1 Å². The fourth-order valence-electron chi connectivity index (χ4n) is 5.52. The Bertz CT molecular complexity index is 663. The van der Waals surface area contributed by atoms with E-state index in [1.165, 1.54) is 12.8 Å². The summed E-state index contributed by atoms with van der Waals surface area (Å²) >= 11 is 0. The van der Waals surface area contributed by atoms with Crippen molar-refractivity contribution in [3.63, 3.8) is 0 Å². The molecule has 5 nitrogen and oxygen atoms in total. The fraction of sp³-hybridized carbons (Fsp3) is 0.632. The lowest BCUT2D eigenvalue weighted by Crippen LogP contribution is -2.35. The molecule has 7 atom stereocenters. The number of fused-ring (bicyclic) bond motifs is 7. The molecule has 0 radical (unpaired) electrons. The number of epoxide rings is 1. The highest BCUT2D eigenvalue weighted by Crippen LogP contribution is 2.64. The first-order chi connectivity index (χ1) is 11.7. The van der Waals surface area contributed by atoms with Crippen molar-refractivity contribution in [2.45, 2.75) is 44.5 Å². The molecule has 1 aromatic carbocycles. The average molecular weight is 329 g/mol. The second-order valence-corrected chi connectivity index (χ2v) is 7.54. The smallest absolute Gasteiger partial charge is 0.411 e. The van der Waals surface area contributed by atoms with Crippen LogP contribution in [-0.2, 0) is 9.47 Å². The normalized spacial score (nSPS) is 40.8. The van der Waals surface area contributed by atoms with Crippen LogP contribution in [0.3, 0.4) is 0 Å². The summed E-state index contributed by atoms with van der Waals surface area (Å²) in [7, 11) is 0. The van der Waals surface area contributed by atoms with Gasteiger partial charge >= 0.3 is 6.09 Å². The Morgan fingerprint density at radius 2 is 2.21 bits per heavy atom. The Morgan fingerprint density at radius 1 is 1.29 bits per heavy atom. The molecule has 2 bridgehead atoms. The second-order valence-electron chi connectivity index (χ2n) is 7.54. The third-order valence-corrected chi connectivity index (χ3v) is 6.33. The summed E-state index contributed by atoms with van der Waals surface area (Å²) in [6.07, 6.45) is 4.15. The van der Waals surface area contributed by atoms with Crippen LogP contribution in [0.25, 0.3) is 0 Å². The molecule has 1 aliphatic heterocycles. The maximum atomic E-state index is 12.3. The molecule has 1 saturated heterocycles. The summed E-state index contributed by atoms with van der Waals surface area (Å²) in [4.78, 5) is 12.3. The standard InChI is InChI=1S/C19H23NO4/c1-2-22-12-5-3-4-11(8-12)20-19(21)24-15-7-10-6-13(15)14-9-16-18(23-16)17(10)14/h3-5,8,10,13-18H,2,6-7,9H2,1H3,(H,20,21). The number of nitrogens with one attached hydrogen (secondary N) is 1. The highest BCUT2D eigenvalue weighted by molar-refractivity contribution is 5.85. The lowest BCUT2D eigenvalue weighted by Gasteiger charge is -2.32. The molecule has 1 heterocycles. The van der Waals surface area contributed by atoms with E-state index in [0.29, 0.717) is 42.3 Å². The maximum absolute atomic E-state index is 12.3. The van der Waals surface area contributed by atoms with Crippen LogP contribution in [0.5, 0.6) is 5.75 Å². The minimum Gasteiger partial charge on any atom is -0.494 e. The Morgan fingerprint density at radius 3 is 3.08 bits per heavy atom. The van der Waals surface area contributed by atoms with E-state index in [2.05, 4.69) is 5.32 Å². The molecule has 4 aliphatic rings. The van der Waals surface area contributed by atoms with Gasteiger partial charge in [-0.25, -0.2) is 4.79 Å². The molecule has 7 unspecified atom stereocenters. The van der Waals surface area contributed by atoms with Crippen LogP contribution in [0.1, 0.15) is 26.2 Å². The third kappa shape index (κ3) is 2.29. The van der Waals surface area contributed by atoms with E-state index in [4.69, 9.17) is 14.2 Å². The second kappa shape index (κ2) is 5.38. The van der Waals surface area contributed by atoms with E-state index >= 15 is 0 Å². The molecule has 1 aromatic rings. The molecular formula is C19H23NO4. The van der Waals surface area contributed by atoms with Gasteiger partial charge in [0.2, 0.25) is 0 Å². The van der Waals surface area contributed by atoms with Gasteiger partial charge in [-0.2, -0.15) is 0 Å². The lowest BCUT2D eigenvalue weighted by molar-refractivity contribution is 0.0251. The van der Waals surface area contributed by atoms with Crippen molar-refractivity contribution in [3.05, 3.63) is 24.3 Å². The van der Waals surface area contributed by atoms with Gasteiger partial charge < -0.3 is 14.2 Å². The monoisotopic (exact) mass is 329 g/mol. The molecular weight excluding hydrogens is 306 g/mol. The number of anilines is 1. The molecule has 5 heteroatoms. The topological polar surface area (TPSA) is 60.1 Å². The first-order valence-corrected chi connectivity index (χ1v) is 9.09. The minimum absolute atomic E-state index is 0.0730. The Kier molecular flexibility index (Phi) is 3.27. The summed E-state index contributed by atoms with van der Waals surface area (Å²) < 4.78 is 16.9. The van der Waals surface area contributed by atoms with Crippen molar-refractivity contribution >= 4 is 11.8 Å². The molecule has 3 aliphatic carbocycles. The zero-order valence-electron chi connectivity index (χ0n) is 13.8. The molecule has 0 spiro atoms. The van der Waals surface area contributed by atoms with E-state index < -0.39 is 0 Å². The van der Waals surface area contributed by atoms with Crippen LogP contribution >= 0.6 is 0 Å². The van der Waals surface area contributed by atoms with Gasteiger partial charge in [0.25, 0.3) is 0 Å². The van der Waals surface area contributed by atoms with Gasteiger partial charge in [-0.15, -0.1) is 0 Å². The van der Waals surface area contributed by atoms with Crippen LogP contribution < -0.4 is 10.1 Å². The van der Waals surface area contributed by atoms with E-state index in [-0.39, 0.29) is 12.2 Å². The van der Waals surface area contributed by atoms with Gasteiger partial charge in [-0.3, -0.25) is 5.32 Å². The van der Waals surface area contributed by atoms with Crippen LogP contribution in [-0.4, -0.2) is 31.0 Å². The first-order valence-electron chi connectivity index (χ1n) is 9.09. The predicted octanol–water partition coefficient (Wildman–Crippen LogP) is 3.45. The molecule has 1 N–H and O–H groups in total. The van der Waals surface area contributed by atoms with Crippen molar-refractivity contribution in [1.82, 2.24) is 0 Å². The van der Waals surface area contributed by atoms with E-state index in [1.54, 1.807) is 0 Å². The van der Waals surface area contributed by atoms with Gasteiger partial charge in [-0.05, 0) is 62.0 Å². The molecule has 1 amide bonds. The average Bonchev–Trinajstić information content (AvgIpc) is 2.92. The zero-order valence-corrected chi connectivity index (χ0v) is 13.8. The summed E-state index contributed by atoms with van der Waals surface area (Å²) in [5.74, 6) is 3.44. The Labute approximate surface area is 141 Å². The van der Waals surface area contributed by atoms with Crippen LogP contribution in [0.4, 0.5) is 10.5 Å². The van der Waals surface area contributed by atoms with Crippen molar-refractivity contribution in [2.75, 3.05) is 11.9 Å². The molecule has 3 saturated carbocycles. The highest BCUT2D eigenvalue weighted by atomic mass is 16.6. The summed E-state index contributed by atoms with van der Waals surface area (Å²) in [6, 6.07) is 7.42. The number of ether oxygens (including phenoxy) is 3. The predicted molar refractivity (Wildman–Crippen MR) is 88.0 cm³/mol. The zero-order chi connectivity index (χ0) is 16.3. The van der Waals surface area contributed by atoms with Crippen molar-refractivity contribution in [2.24, 2.45) is 23.7 Å². The largest absolute Gasteiger partial charge is 0.494 e. The van der Waals surface area contributed by atoms with Gasteiger partial charge in [0.1, 0.15) is 11.9 Å². The van der Waals surface area contributed by atoms with Crippen LogP contribution in [0.15, 0.2) is 24.3 Å². The number of carbonyl (C=O) groups excluding carboxylic acids is 1. The number of hydrogen-bond acceptors (Lipinski definition) is 4.